The Morgan fingerprint density at radius 3 is 2.71 bits per heavy atom. The molecule has 3 nitrogen and oxygen atoms in total. The van der Waals surface area contributed by atoms with Gasteiger partial charge in [-0.2, -0.15) is 5.10 Å². The first-order chi connectivity index (χ1) is 6.69. The molecule has 0 spiro atoms. The zero-order valence-corrected chi connectivity index (χ0v) is 8.66. The van der Waals surface area contributed by atoms with E-state index in [1.165, 1.54) is 25.0 Å². The summed E-state index contributed by atoms with van der Waals surface area (Å²) in [5.74, 6) is 0.753. The quantitative estimate of drug-likeness (QED) is 0.772. The fourth-order valence-electron chi connectivity index (χ4n) is 2.20. The van der Waals surface area contributed by atoms with Crippen LogP contribution in [0.15, 0.2) is 6.07 Å². The third-order valence-electron chi connectivity index (χ3n) is 3.74. The molecule has 0 saturated heterocycles. The van der Waals surface area contributed by atoms with Gasteiger partial charge in [-0.05, 0) is 31.7 Å². The first kappa shape index (κ1) is 8.48. The van der Waals surface area contributed by atoms with Crippen molar-refractivity contribution in [3.63, 3.8) is 0 Å². The summed E-state index contributed by atoms with van der Waals surface area (Å²) in [6.07, 6.45) is 6.24. The van der Waals surface area contributed by atoms with E-state index in [4.69, 9.17) is 5.73 Å². The van der Waals surface area contributed by atoms with Crippen molar-refractivity contribution in [1.29, 1.82) is 0 Å². The van der Waals surface area contributed by atoms with Gasteiger partial charge in [-0.15, -0.1) is 0 Å². The molecule has 0 aliphatic heterocycles. The van der Waals surface area contributed by atoms with Gasteiger partial charge in [0.15, 0.2) is 0 Å². The van der Waals surface area contributed by atoms with Crippen molar-refractivity contribution < 1.29 is 0 Å². The Labute approximate surface area is 84.3 Å². The van der Waals surface area contributed by atoms with E-state index in [9.17, 15) is 0 Å². The molecule has 76 valence electrons. The summed E-state index contributed by atoms with van der Waals surface area (Å²) in [6, 6.07) is 2.23. The summed E-state index contributed by atoms with van der Waals surface area (Å²) < 4.78 is 2.03. The van der Waals surface area contributed by atoms with Gasteiger partial charge in [-0.1, -0.05) is 6.42 Å². The largest absolute Gasteiger partial charge is 0.320 e. The van der Waals surface area contributed by atoms with Gasteiger partial charge in [-0.3, -0.25) is 4.68 Å². The molecule has 3 rings (SSSR count). The van der Waals surface area contributed by atoms with Crippen LogP contribution < -0.4 is 5.73 Å². The molecule has 2 saturated carbocycles. The predicted molar refractivity (Wildman–Crippen MR) is 54.9 cm³/mol. The molecule has 2 aliphatic carbocycles. The van der Waals surface area contributed by atoms with Crippen LogP contribution in [0.1, 0.15) is 49.4 Å². The van der Waals surface area contributed by atoms with Gasteiger partial charge < -0.3 is 5.73 Å². The summed E-state index contributed by atoms with van der Waals surface area (Å²) in [5.41, 5.74) is 8.57. The lowest BCUT2D eigenvalue weighted by Gasteiger charge is -2.25. The van der Waals surface area contributed by atoms with Gasteiger partial charge in [0.25, 0.3) is 0 Å². The Balaban J connectivity index is 1.93. The van der Waals surface area contributed by atoms with Crippen molar-refractivity contribution in [2.45, 2.75) is 43.6 Å². The van der Waals surface area contributed by atoms with E-state index in [2.05, 4.69) is 11.2 Å². The zero-order valence-electron chi connectivity index (χ0n) is 8.66. The van der Waals surface area contributed by atoms with Crippen LogP contribution in [-0.2, 0) is 12.6 Å². The molecule has 2 aliphatic rings. The molecular weight excluding hydrogens is 174 g/mol. The maximum atomic E-state index is 6.13. The average molecular weight is 191 g/mol. The molecule has 1 heterocycles. The fraction of sp³-hybridized carbons (Fsp3) is 0.727. The highest BCUT2D eigenvalue weighted by Crippen LogP contribution is 2.44. The number of aromatic nitrogens is 2. The molecule has 1 aromatic rings. The predicted octanol–water partition coefficient (Wildman–Crippen LogP) is 1.64. The normalized spacial score (nSPS) is 24.7. The van der Waals surface area contributed by atoms with Crippen LogP contribution in [0.2, 0.25) is 0 Å². The summed E-state index contributed by atoms with van der Waals surface area (Å²) in [5, 5.41) is 4.54. The van der Waals surface area contributed by atoms with Crippen LogP contribution in [0.5, 0.6) is 0 Å². The Morgan fingerprint density at radius 1 is 1.50 bits per heavy atom. The fourth-order valence-corrected chi connectivity index (χ4v) is 2.20. The maximum Gasteiger partial charge on any atom is 0.0826 e. The number of rotatable bonds is 2. The molecule has 0 amide bonds. The second-order valence-corrected chi connectivity index (χ2v) is 4.86. The molecule has 0 bridgehead atoms. The van der Waals surface area contributed by atoms with Gasteiger partial charge >= 0.3 is 0 Å². The van der Waals surface area contributed by atoms with Crippen LogP contribution in [0, 0.1) is 0 Å². The maximum absolute atomic E-state index is 6.13. The van der Waals surface area contributed by atoms with E-state index in [0.717, 1.165) is 24.5 Å². The van der Waals surface area contributed by atoms with Gasteiger partial charge in [0, 0.05) is 18.7 Å². The minimum atomic E-state index is -0.0697. The minimum absolute atomic E-state index is 0.0697. The molecular formula is C11H17N3. The summed E-state index contributed by atoms with van der Waals surface area (Å²) in [6.45, 7) is 0. The van der Waals surface area contributed by atoms with E-state index < -0.39 is 0 Å². The van der Waals surface area contributed by atoms with Crippen molar-refractivity contribution in [2.75, 3.05) is 0 Å². The highest BCUT2D eigenvalue weighted by atomic mass is 15.3. The molecule has 3 heteroatoms. The van der Waals surface area contributed by atoms with Gasteiger partial charge in [-0.25, -0.2) is 0 Å². The van der Waals surface area contributed by atoms with Crippen molar-refractivity contribution in [3.8, 4) is 0 Å². The van der Waals surface area contributed by atoms with Gasteiger partial charge in [0.2, 0.25) is 0 Å². The lowest BCUT2D eigenvalue weighted by molar-refractivity contribution is 0.397. The highest BCUT2D eigenvalue weighted by molar-refractivity contribution is 5.26. The van der Waals surface area contributed by atoms with Crippen LogP contribution in [0.4, 0.5) is 0 Å². The lowest BCUT2D eigenvalue weighted by atomic mass is 9.82. The van der Waals surface area contributed by atoms with Gasteiger partial charge in [0.1, 0.15) is 0 Å². The second-order valence-electron chi connectivity index (χ2n) is 4.86. The van der Waals surface area contributed by atoms with E-state index in [0.29, 0.717) is 0 Å². The SMILES string of the molecule is Cn1nc(C2(N)CC2)cc1C1CCC1. The molecule has 14 heavy (non-hydrogen) atoms. The van der Waals surface area contributed by atoms with Crippen LogP contribution in [0.25, 0.3) is 0 Å². The first-order valence-electron chi connectivity index (χ1n) is 5.52. The molecule has 2 fully saturated rings. The minimum Gasteiger partial charge on any atom is -0.320 e. The number of nitrogens with two attached hydrogens (primary N) is 1. The van der Waals surface area contributed by atoms with E-state index in [1.54, 1.807) is 0 Å². The summed E-state index contributed by atoms with van der Waals surface area (Å²) in [7, 11) is 2.04. The second kappa shape index (κ2) is 2.60. The smallest absolute Gasteiger partial charge is 0.0826 e. The highest BCUT2D eigenvalue weighted by Gasteiger charge is 2.43. The van der Waals surface area contributed by atoms with Crippen molar-refractivity contribution >= 4 is 0 Å². The van der Waals surface area contributed by atoms with E-state index >= 15 is 0 Å². The first-order valence-corrected chi connectivity index (χ1v) is 5.52. The van der Waals surface area contributed by atoms with Crippen molar-refractivity contribution in [1.82, 2.24) is 9.78 Å². The Morgan fingerprint density at radius 2 is 2.21 bits per heavy atom. The molecule has 0 atom stereocenters. The average Bonchev–Trinajstić information content (AvgIpc) is 2.68. The van der Waals surface area contributed by atoms with E-state index in [1.807, 2.05) is 11.7 Å². The summed E-state index contributed by atoms with van der Waals surface area (Å²) >= 11 is 0. The molecule has 1 aromatic heterocycles. The number of nitrogens with zero attached hydrogens (tertiary/aromatic N) is 2. The topological polar surface area (TPSA) is 43.8 Å². The van der Waals surface area contributed by atoms with Gasteiger partial charge in [0.05, 0.1) is 11.2 Å². The van der Waals surface area contributed by atoms with Crippen LogP contribution in [0.3, 0.4) is 0 Å². The Bertz CT molecular complexity index is 359. The van der Waals surface area contributed by atoms with Crippen LogP contribution in [-0.4, -0.2) is 9.78 Å². The molecule has 0 radical (unpaired) electrons. The molecule has 2 N–H and O–H groups in total. The van der Waals surface area contributed by atoms with Crippen LogP contribution >= 0.6 is 0 Å². The third-order valence-corrected chi connectivity index (χ3v) is 3.74. The number of hydrogen-bond donors (Lipinski definition) is 1. The molecule has 0 unspecified atom stereocenters. The third kappa shape index (κ3) is 1.12. The Hall–Kier alpha value is -0.830. The van der Waals surface area contributed by atoms with Crippen molar-refractivity contribution in [3.05, 3.63) is 17.5 Å². The van der Waals surface area contributed by atoms with E-state index in [-0.39, 0.29) is 5.54 Å². The zero-order chi connectivity index (χ0) is 9.76. The Kier molecular flexibility index (Phi) is 1.57. The van der Waals surface area contributed by atoms with Crippen molar-refractivity contribution in [2.24, 2.45) is 12.8 Å². The standard InChI is InChI=1S/C11H17N3/c1-14-9(8-3-2-4-8)7-10(13-14)11(12)5-6-11/h7-8H,2-6,12H2,1H3. The summed E-state index contributed by atoms with van der Waals surface area (Å²) in [4.78, 5) is 0. The molecule has 0 aromatic carbocycles. The number of aryl methyl sites for hydroxylation is 1. The lowest BCUT2D eigenvalue weighted by Crippen LogP contribution is -2.19. The monoisotopic (exact) mass is 191 g/mol. The number of hydrogen-bond acceptors (Lipinski definition) is 2.